The number of amides is 2. The summed E-state index contributed by atoms with van der Waals surface area (Å²) in [6.07, 6.45) is 1.92. The van der Waals surface area contributed by atoms with Crippen LogP contribution in [-0.4, -0.2) is 37.5 Å². The van der Waals surface area contributed by atoms with E-state index in [0.29, 0.717) is 40.0 Å². The van der Waals surface area contributed by atoms with Crippen molar-refractivity contribution >= 4 is 29.5 Å². The second-order valence-electron chi connectivity index (χ2n) is 8.05. The van der Waals surface area contributed by atoms with Crippen LogP contribution in [0.3, 0.4) is 0 Å². The number of benzene rings is 2. The molecule has 3 aromatic rings. The number of hydrogen-bond donors (Lipinski definition) is 0. The van der Waals surface area contributed by atoms with Crippen molar-refractivity contribution in [2.24, 2.45) is 0 Å². The number of carbonyl (C=O) groups excluding carboxylic acids is 2. The zero-order valence-corrected chi connectivity index (χ0v) is 20.8. The quantitative estimate of drug-likeness (QED) is 0.315. The van der Waals surface area contributed by atoms with Crippen molar-refractivity contribution in [3.63, 3.8) is 0 Å². The third-order valence-corrected chi connectivity index (χ3v) is 6.28. The van der Waals surface area contributed by atoms with Crippen LogP contribution in [0.1, 0.15) is 18.2 Å². The second kappa shape index (κ2) is 10.5. The number of ether oxygens (including phenoxy) is 2. The van der Waals surface area contributed by atoms with E-state index in [1.54, 1.807) is 50.4 Å². The lowest BCUT2D eigenvalue weighted by atomic mass is 9.94. The number of furan rings is 1. The molecule has 2 amide bonds. The van der Waals surface area contributed by atoms with Crippen molar-refractivity contribution in [3.05, 3.63) is 87.7 Å². The molecule has 1 aliphatic heterocycles. The van der Waals surface area contributed by atoms with Gasteiger partial charge in [0.25, 0.3) is 11.8 Å². The van der Waals surface area contributed by atoms with Crippen molar-refractivity contribution in [2.45, 2.75) is 13.3 Å². The smallest absolute Gasteiger partial charge is 0.271 e. The van der Waals surface area contributed by atoms with Crippen LogP contribution in [-0.2, 0) is 16.0 Å². The Hall–Kier alpha value is -4.28. The van der Waals surface area contributed by atoms with E-state index in [-0.39, 0.29) is 17.7 Å². The van der Waals surface area contributed by atoms with Crippen molar-refractivity contribution < 1.29 is 23.5 Å². The molecular weight excluding hydrogens is 480 g/mol. The van der Waals surface area contributed by atoms with Gasteiger partial charge in [-0.2, -0.15) is 5.26 Å². The topological polar surface area (TPSA) is 92.8 Å². The predicted octanol–water partition coefficient (Wildman–Crippen LogP) is 5.45. The Balaban J connectivity index is 1.63. The average molecular weight is 503 g/mol. The third kappa shape index (κ3) is 4.77. The standard InChI is InChI=1S/C28H23ClN2O5/c1-17-21(15-19-9-11-24(36-19)20-6-4-5-7-23(20)29)27(32)31(28(33)22(17)16-30)13-12-18-8-10-25(34-2)26(14-18)35-3/h4-11,14-15H,12-13H2,1-3H3/b21-15+. The van der Waals surface area contributed by atoms with E-state index in [0.717, 1.165) is 16.0 Å². The van der Waals surface area contributed by atoms with Crippen LogP contribution in [0.25, 0.3) is 17.4 Å². The summed E-state index contributed by atoms with van der Waals surface area (Å²) >= 11 is 6.27. The number of nitrogens with zero attached hydrogens (tertiary/aromatic N) is 2. The van der Waals surface area contributed by atoms with Gasteiger partial charge in [-0.05, 0) is 67.0 Å². The van der Waals surface area contributed by atoms with Crippen LogP contribution >= 0.6 is 11.6 Å². The molecule has 4 rings (SSSR count). The monoisotopic (exact) mass is 502 g/mol. The summed E-state index contributed by atoms with van der Waals surface area (Å²) in [5.41, 5.74) is 2.02. The molecular formula is C28H23ClN2O5. The van der Waals surface area contributed by atoms with E-state index in [2.05, 4.69) is 0 Å². The Morgan fingerprint density at radius 3 is 2.47 bits per heavy atom. The van der Waals surface area contributed by atoms with Crippen molar-refractivity contribution in [1.29, 1.82) is 5.26 Å². The van der Waals surface area contributed by atoms with Crippen molar-refractivity contribution in [3.8, 4) is 28.9 Å². The number of hydrogen-bond acceptors (Lipinski definition) is 6. The van der Waals surface area contributed by atoms with E-state index < -0.39 is 11.8 Å². The van der Waals surface area contributed by atoms with E-state index in [1.165, 1.54) is 7.11 Å². The van der Waals surface area contributed by atoms with Crippen molar-refractivity contribution in [1.82, 2.24) is 4.90 Å². The fourth-order valence-corrected chi connectivity index (χ4v) is 4.22. The minimum Gasteiger partial charge on any atom is -0.493 e. The third-order valence-electron chi connectivity index (χ3n) is 5.95. The maximum absolute atomic E-state index is 13.4. The molecule has 0 atom stereocenters. The first-order valence-corrected chi connectivity index (χ1v) is 11.5. The van der Waals surface area contributed by atoms with Gasteiger partial charge >= 0.3 is 0 Å². The van der Waals surface area contributed by atoms with Crippen LogP contribution in [0, 0.1) is 11.3 Å². The molecule has 0 saturated heterocycles. The molecule has 1 aromatic heterocycles. The number of rotatable bonds is 7. The number of carbonyl (C=O) groups is 2. The lowest BCUT2D eigenvalue weighted by Crippen LogP contribution is -2.43. The first kappa shape index (κ1) is 24.8. The molecule has 0 unspecified atom stereocenters. The molecule has 182 valence electrons. The van der Waals surface area contributed by atoms with Gasteiger partial charge in [0.2, 0.25) is 0 Å². The molecule has 7 nitrogen and oxygen atoms in total. The lowest BCUT2D eigenvalue weighted by molar-refractivity contribution is -0.140. The normalized spacial score (nSPS) is 14.9. The van der Waals surface area contributed by atoms with Crippen LogP contribution < -0.4 is 9.47 Å². The van der Waals surface area contributed by atoms with Gasteiger partial charge in [-0.1, -0.05) is 29.8 Å². The number of imide groups is 1. The van der Waals surface area contributed by atoms with Gasteiger partial charge in [0.15, 0.2) is 11.5 Å². The highest BCUT2D eigenvalue weighted by atomic mass is 35.5. The lowest BCUT2D eigenvalue weighted by Gasteiger charge is -2.27. The van der Waals surface area contributed by atoms with Gasteiger partial charge in [0.05, 0.1) is 19.2 Å². The number of halogens is 1. The molecule has 8 heteroatoms. The fourth-order valence-electron chi connectivity index (χ4n) is 3.99. The van der Waals surface area contributed by atoms with Gasteiger partial charge in [-0.15, -0.1) is 0 Å². The summed E-state index contributed by atoms with van der Waals surface area (Å²) in [4.78, 5) is 27.4. The maximum Gasteiger partial charge on any atom is 0.271 e. The molecule has 0 bridgehead atoms. The van der Waals surface area contributed by atoms with Gasteiger partial charge in [0.1, 0.15) is 23.2 Å². The van der Waals surface area contributed by atoms with Gasteiger partial charge in [-0.25, -0.2) is 0 Å². The summed E-state index contributed by atoms with van der Waals surface area (Å²) in [7, 11) is 3.08. The highest BCUT2D eigenvalue weighted by Crippen LogP contribution is 2.32. The minimum atomic E-state index is -0.617. The second-order valence-corrected chi connectivity index (χ2v) is 8.46. The van der Waals surface area contributed by atoms with Crippen LogP contribution in [0.5, 0.6) is 11.5 Å². The van der Waals surface area contributed by atoms with Crippen molar-refractivity contribution in [2.75, 3.05) is 20.8 Å². The fraction of sp³-hybridized carbons (Fsp3) is 0.179. The number of methoxy groups -OCH3 is 2. The molecule has 0 radical (unpaired) electrons. The molecule has 0 N–H and O–H groups in total. The molecule has 1 aliphatic rings. The SMILES string of the molecule is COc1ccc(CCN2C(=O)C(C#N)=C(C)/C(=C\c3ccc(-c4ccccc4Cl)o3)C2=O)cc1OC. The Morgan fingerprint density at radius 1 is 1.03 bits per heavy atom. The number of nitriles is 1. The van der Waals surface area contributed by atoms with E-state index >= 15 is 0 Å². The Kier molecular flexibility index (Phi) is 7.28. The molecule has 2 heterocycles. The summed E-state index contributed by atoms with van der Waals surface area (Å²) in [6, 6.07) is 18.1. The molecule has 0 spiro atoms. The summed E-state index contributed by atoms with van der Waals surface area (Å²) in [5, 5.41) is 10.2. The molecule has 2 aromatic carbocycles. The van der Waals surface area contributed by atoms with E-state index in [1.807, 2.05) is 30.3 Å². The van der Waals surface area contributed by atoms with Gasteiger partial charge in [0, 0.05) is 17.7 Å². The molecule has 0 aliphatic carbocycles. The van der Waals surface area contributed by atoms with Crippen LogP contribution in [0.2, 0.25) is 5.02 Å². The largest absolute Gasteiger partial charge is 0.493 e. The molecule has 0 fully saturated rings. The Morgan fingerprint density at radius 2 is 1.78 bits per heavy atom. The average Bonchev–Trinajstić information content (AvgIpc) is 3.35. The summed E-state index contributed by atoms with van der Waals surface area (Å²) in [6.45, 7) is 1.68. The van der Waals surface area contributed by atoms with E-state index in [9.17, 15) is 14.9 Å². The highest BCUT2D eigenvalue weighted by Gasteiger charge is 2.35. The van der Waals surface area contributed by atoms with Gasteiger partial charge < -0.3 is 13.9 Å². The van der Waals surface area contributed by atoms with E-state index in [4.69, 9.17) is 25.5 Å². The molecule has 36 heavy (non-hydrogen) atoms. The summed E-state index contributed by atoms with van der Waals surface area (Å²) < 4.78 is 16.5. The minimum absolute atomic E-state index is 0.0777. The molecule has 0 saturated carbocycles. The van der Waals surface area contributed by atoms with Gasteiger partial charge in [-0.3, -0.25) is 14.5 Å². The zero-order valence-electron chi connectivity index (χ0n) is 20.0. The Labute approximate surface area is 213 Å². The first-order valence-electron chi connectivity index (χ1n) is 11.1. The first-order chi connectivity index (χ1) is 17.4. The van der Waals surface area contributed by atoms with Crippen LogP contribution in [0.15, 0.2) is 75.7 Å². The maximum atomic E-state index is 13.4. The highest BCUT2D eigenvalue weighted by molar-refractivity contribution is 6.33. The predicted molar refractivity (Wildman–Crippen MR) is 135 cm³/mol. The van der Waals surface area contributed by atoms with Crippen LogP contribution in [0.4, 0.5) is 0 Å². The summed E-state index contributed by atoms with van der Waals surface area (Å²) in [5.74, 6) is 0.962. The zero-order chi connectivity index (χ0) is 25.8. The Bertz CT molecular complexity index is 1440.